The lowest BCUT2D eigenvalue weighted by atomic mass is 10.4. The van der Waals surface area contributed by atoms with E-state index in [1.54, 1.807) is 18.0 Å². The topological polar surface area (TPSA) is 37.8 Å². The largest absolute Gasteiger partial charge is 0.305 e. The monoisotopic (exact) mass is 221 g/mol. The van der Waals surface area contributed by atoms with Crippen LogP contribution >= 0.6 is 11.8 Å². The second-order valence-electron chi connectivity index (χ2n) is 3.24. The predicted octanol–water partition coefficient (Wildman–Crippen LogP) is 1.49. The Hall–Kier alpha value is -1.05. The minimum atomic E-state index is 0.417. The highest BCUT2D eigenvalue weighted by Crippen LogP contribution is 2.17. The van der Waals surface area contributed by atoms with Crippen molar-refractivity contribution in [1.29, 1.82) is 0 Å². The molecule has 0 fully saturated rings. The number of aryl methyl sites for hydroxylation is 1. The molecule has 0 aromatic carbocycles. The summed E-state index contributed by atoms with van der Waals surface area (Å²) in [5.41, 5.74) is 0.997. The molecule has 15 heavy (non-hydrogen) atoms. The first-order valence-electron chi connectivity index (χ1n) is 4.83. The van der Waals surface area contributed by atoms with E-state index in [9.17, 15) is 0 Å². The number of terminal acetylenes is 1. The zero-order valence-electron chi connectivity index (χ0n) is 9.03. The van der Waals surface area contributed by atoms with Crippen molar-refractivity contribution in [3.8, 4) is 12.3 Å². The van der Waals surface area contributed by atoms with Crippen LogP contribution in [0.1, 0.15) is 12.6 Å². The molecule has 0 aliphatic carbocycles. The van der Waals surface area contributed by atoms with E-state index in [-0.39, 0.29) is 0 Å². The molecule has 80 valence electrons. The van der Waals surface area contributed by atoms with Crippen LogP contribution in [0, 0.1) is 19.3 Å². The zero-order valence-corrected chi connectivity index (χ0v) is 9.84. The first kappa shape index (κ1) is 12.0. The molecule has 1 heterocycles. The molecule has 3 nitrogen and oxygen atoms in total. The van der Waals surface area contributed by atoms with Crippen molar-refractivity contribution in [2.45, 2.75) is 24.3 Å². The molecule has 1 rings (SSSR count). The van der Waals surface area contributed by atoms with E-state index in [1.165, 1.54) is 0 Å². The summed E-state index contributed by atoms with van der Waals surface area (Å²) in [6.07, 6.45) is 6.93. The van der Waals surface area contributed by atoms with Crippen LogP contribution in [0.2, 0.25) is 0 Å². The van der Waals surface area contributed by atoms with E-state index < -0.39 is 0 Å². The zero-order chi connectivity index (χ0) is 11.1. The first-order chi connectivity index (χ1) is 7.22. The Kier molecular flexibility index (Phi) is 5.16. The molecular formula is C11H15N3S. The van der Waals surface area contributed by atoms with Crippen LogP contribution in [-0.2, 0) is 0 Å². The minimum absolute atomic E-state index is 0.417. The lowest BCUT2D eigenvalue weighted by molar-refractivity contribution is 0.745. The molecule has 0 aliphatic heterocycles. The Morgan fingerprint density at radius 2 is 2.47 bits per heavy atom. The van der Waals surface area contributed by atoms with E-state index in [0.29, 0.717) is 11.8 Å². The van der Waals surface area contributed by atoms with Gasteiger partial charge in [-0.25, -0.2) is 9.97 Å². The Morgan fingerprint density at radius 3 is 3.13 bits per heavy atom. The summed E-state index contributed by atoms with van der Waals surface area (Å²) in [5, 5.41) is 4.40. The van der Waals surface area contributed by atoms with E-state index >= 15 is 0 Å². The summed E-state index contributed by atoms with van der Waals surface area (Å²) in [6.45, 7) is 5.57. The Balaban J connectivity index is 2.38. The molecule has 4 heteroatoms. The van der Waals surface area contributed by atoms with Gasteiger partial charge in [-0.3, -0.25) is 0 Å². The smallest absolute Gasteiger partial charge is 0.188 e. The number of thioether (sulfide) groups is 1. The van der Waals surface area contributed by atoms with Gasteiger partial charge >= 0.3 is 0 Å². The highest BCUT2D eigenvalue weighted by molar-refractivity contribution is 7.99. The van der Waals surface area contributed by atoms with Gasteiger partial charge in [0.05, 0.1) is 6.54 Å². The van der Waals surface area contributed by atoms with Crippen molar-refractivity contribution < 1.29 is 0 Å². The summed E-state index contributed by atoms with van der Waals surface area (Å²) in [7, 11) is 0. The molecule has 0 radical (unpaired) electrons. The summed E-state index contributed by atoms with van der Waals surface area (Å²) < 4.78 is 0. The molecule has 1 aromatic rings. The second-order valence-corrected chi connectivity index (χ2v) is 4.65. The Labute approximate surface area is 95.1 Å². The van der Waals surface area contributed by atoms with Gasteiger partial charge in [0.25, 0.3) is 0 Å². The molecule has 0 bridgehead atoms. The normalized spacial score (nSPS) is 12.1. The fourth-order valence-corrected chi connectivity index (χ4v) is 1.93. The van der Waals surface area contributed by atoms with Crippen molar-refractivity contribution in [3.63, 3.8) is 0 Å². The van der Waals surface area contributed by atoms with Gasteiger partial charge in [-0.1, -0.05) is 24.6 Å². The van der Waals surface area contributed by atoms with Gasteiger partial charge in [-0.15, -0.1) is 6.42 Å². The Bertz CT molecular complexity index is 346. The van der Waals surface area contributed by atoms with Crippen LogP contribution in [0.15, 0.2) is 17.4 Å². The van der Waals surface area contributed by atoms with Gasteiger partial charge in [0, 0.05) is 23.7 Å². The van der Waals surface area contributed by atoms with Crippen molar-refractivity contribution in [1.82, 2.24) is 15.3 Å². The molecule has 1 unspecified atom stereocenters. The minimum Gasteiger partial charge on any atom is -0.305 e. The maximum Gasteiger partial charge on any atom is 0.188 e. The van der Waals surface area contributed by atoms with Crippen molar-refractivity contribution in [2.24, 2.45) is 0 Å². The van der Waals surface area contributed by atoms with E-state index in [0.717, 1.165) is 17.4 Å². The maximum absolute atomic E-state index is 5.14. The van der Waals surface area contributed by atoms with Gasteiger partial charge < -0.3 is 5.32 Å². The van der Waals surface area contributed by atoms with Crippen LogP contribution in [-0.4, -0.2) is 28.3 Å². The third-order valence-corrected chi connectivity index (χ3v) is 2.71. The van der Waals surface area contributed by atoms with E-state index in [1.807, 2.05) is 13.0 Å². The highest BCUT2D eigenvalue weighted by atomic mass is 32.2. The molecule has 0 saturated carbocycles. The number of hydrogen-bond donors (Lipinski definition) is 1. The van der Waals surface area contributed by atoms with Crippen LogP contribution in [0.3, 0.4) is 0 Å². The van der Waals surface area contributed by atoms with Gasteiger partial charge in [0.2, 0.25) is 0 Å². The molecule has 1 N–H and O–H groups in total. The number of rotatable bonds is 5. The van der Waals surface area contributed by atoms with Crippen LogP contribution in [0.4, 0.5) is 0 Å². The highest BCUT2D eigenvalue weighted by Gasteiger charge is 2.05. The van der Waals surface area contributed by atoms with Gasteiger partial charge in [-0.2, -0.15) is 0 Å². The predicted molar refractivity (Wildman–Crippen MR) is 63.8 cm³/mol. The molecule has 1 atom stereocenters. The van der Waals surface area contributed by atoms with Gasteiger partial charge in [-0.05, 0) is 13.0 Å². The summed E-state index contributed by atoms with van der Waals surface area (Å²) in [6, 6.07) is 1.89. The summed E-state index contributed by atoms with van der Waals surface area (Å²) in [5.74, 6) is 2.54. The van der Waals surface area contributed by atoms with Crippen LogP contribution in [0.25, 0.3) is 0 Å². The number of nitrogens with zero attached hydrogens (tertiary/aromatic N) is 2. The first-order valence-corrected chi connectivity index (χ1v) is 5.71. The summed E-state index contributed by atoms with van der Waals surface area (Å²) in [4.78, 5) is 8.52. The third kappa shape index (κ3) is 4.82. The van der Waals surface area contributed by atoms with Crippen LogP contribution < -0.4 is 5.32 Å². The molecular weight excluding hydrogens is 206 g/mol. The molecule has 0 spiro atoms. The quantitative estimate of drug-likeness (QED) is 0.354. The molecule has 1 aromatic heterocycles. The average molecular weight is 221 g/mol. The second kappa shape index (κ2) is 6.44. The number of nitrogens with one attached hydrogen (secondary N) is 1. The standard InChI is InChI=1S/C11H15N3S/c1-4-6-12-8-10(3)15-11-13-7-5-9(2)14-11/h1,5,7,10,12H,6,8H2,2-3H3. The third-order valence-electron chi connectivity index (χ3n) is 1.74. The van der Waals surface area contributed by atoms with Gasteiger partial charge in [0.15, 0.2) is 5.16 Å². The maximum atomic E-state index is 5.14. The van der Waals surface area contributed by atoms with Crippen molar-refractivity contribution >= 4 is 11.8 Å². The lowest BCUT2D eigenvalue weighted by Gasteiger charge is -2.09. The number of hydrogen-bond acceptors (Lipinski definition) is 4. The fraction of sp³-hybridized carbons (Fsp3) is 0.455. The SMILES string of the molecule is C#CCNCC(C)Sc1nccc(C)n1. The number of aromatic nitrogens is 2. The molecule has 0 aliphatic rings. The van der Waals surface area contributed by atoms with Crippen LogP contribution in [0.5, 0.6) is 0 Å². The Morgan fingerprint density at radius 1 is 1.67 bits per heavy atom. The fourth-order valence-electron chi connectivity index (χ4n) is 1.05. The van der Waals surface area contributed by atoms with E-state index in [4.69, 9.17) is 6.42 Å². The molecule has 0 amide bonds. The van der Waals surface area contributed by atoms with Crippen molar-refractivity contribution in [3.05, 3.63) is 18.0 Å². The average Bonchev–Trinajstić information content (AvgIpc) is 2.18. The lowest BCUT2D eigenvalue weighted by Crippen LogP contribution is -2.23. The van der Waals surface area contributed by atoms with E-state index in [2.05, 4.69) is 28.1 Å². The molecule has 0 saturated heterocycles. The van der Waals surface area contributed by atoms with Gasteiger partial charge in [0.1, 0.15) is 0 Å². The van der Waals surface area contributed by atoms with Crippen molar-refractivity contribution in [2.75, 3.05) is 13.1 Å². The summed E-state index contributed by atoms with van der Waals surface area (Å²) >= 11 is 1.65.